The molecule has 0 radical (unpaired) electrons. The van der Waals surface area contributed by atoms with E-state index < -0.39 is 0 Å². The van der Waals surface area contributed by atoms with Crippen molar-refractivity contribution in [3.8, 4) is 39.1 Å². The number of pyridine rings is 4. The molecule has 2 unspecified atom stereocenters. The lowest BCUT2D eigenvalue weighted by Crippen LogP contribution is -2.29. The van der Waals surface area contributed by atoms with Gasteiger partial charge in [-0.15, -0.1) is 0 Å². The molecule has 56 heavy (non-hydrogen) atoms. The Balaban J connectivity index is 0.975. The molecule has 1 aliphatic heterocycles. The maximum atomic E-state index is 4.98. The van der Waals surface area contributed by atoms with Crippen LogP contribution in [0.15, 0.2) is 195 Å². The van der Waals surface area contributed by atoms with Gasteiger partial charge in [0.15, 0.2) is 0 Å². The number of benzene rings is 4. The van der Waals surface area contributed by atoms with Crippen LogP contribution in [0.5, 0.6) is 0 Å². The van der Waals surface area contributed by atoms with Crippen molar-refractivity contribution in [2.24, 2.45) is 0 Å². The first kappa shape index (κ1) is 32.0. The molecule has 1 aliphatic carbocycles. The summed E-state index contributed by atoms with van der Waals surface area (Å²) in [5.41, 5.74) is 14.6. The second-order valence-corrected chi connectivity index (χ2v) is 14.4. The molecule has 2 atom stereocenters. The number of aromatic nitrogens is 5. The van der Waals surface area contributed by atoms with Crippen molar-refractivity contribution in [1.82, 2.24) is 24.5 Å². The first-order valence-corrected chi connectivity index (χ1v) is 18.9. The summed E-state index contributed by atoms with van der Waals surface area (Å²) in [6.07, 6.45) is 18.3. The van der Waals surface area contributed by atoms with Crippen LogP contribution in [0.3, 0.4) is 0 Å². The third-order valence-electron chi connectivity index (χ3n) is 11.2. The number of allylic oxidation sites excluding steroid dienone is 2. The van der Waals surface area contributed by atoms with E-state index in [0.717, 1.165) is 72.5 Å². The number of nitrogens with zero attached hydrogens (tertiary/aromatic N) is 6. The van der Waals surface area contributed by atoms with Crippen molar-refractivity contribution in [2.45, 2.75) is 12.0 Å². The van der Waals surface area contributed by atoms with E-state index in [1.165, 1.54) is 16.7 Å². The molecule has 0 amide bonds. The lowest BCUT2D eigenvalue weighted by atomic mass is 9.86. The number of fused-ring (bicyclic) bond motifs is 6. The molecule has 0 fully saturated rings. The van der Waals surface area contributed by atoms with Crippen molar-refractivity contribution in [2.75, 3.05) is 4.90 Å². The van der Waals surface area contributed by atoms with Gasteiger partial charge in [0.1, 0.15) is 11.5 Å². The lowest BCUT2D eigenvalue weighted by Gasteiger charge is -2.29. The minimum Gasteiger partial charge on any atom is -0.318 e. The van der Waals surface area contributed by atoms with Crippen LogP contribution in [0.25, 0.3) is 66.6 Å². The molecule has 6 heterocycles. The fraction of sp³-hybridized carbons (Fsp3) is 0.0400. The summed E-state index contributed by atoms with van der Waals surface area (Å²) < 4.78 is 2.29. The molecule has 6 heteroatoms. The zero-order valence-electron chi connectivity index (χ0n) is 30.3. The SMILES string of the molecule is C1=CC2C(C=C1c1cccc(-c3cccnc3)c1)c1cccnc1N2c1cccc(-n2c3ccc(-c4cccc(-c5cccnc5)c4)cc3c3cccnc32)c1. The van der Waals surface area contributed by atoms with Gasteiger partial charge < -0.3 is 4.90 Å². The quantitative estimate of drug-likeness (QED) is 0.171. The molecular weight excluding hydrogens is 685 g/mol. The van der Waals surface area contributed by atoms with E-state index in [-0.39, 0.29) is 12.0 Å². The molecule has 0 bridgehead atoms. The average molecular weight is 719 g/mol. The molecule has 0 N–H and O–H groups in total. The normalized spacial score (nSPS) is 15.9. The van der Waals surface area contributed by atoms with Crippen molar-refractivity contribution < 1.29 is 0 Å². The summed E-state index contributed by atoms with van der Waals surface area (Å²) in [5.74, 6) is 1.14. The number of anilines is 2. The number of hydrogen-bond acceptors (Lipinski definition) is 5. The second kappa shape index (κ2) is 13.1. The predicted molar refractivity (Wildman–Crippen MR) is 227 cm³/mol. The van der Waals surface area contributed by atoms with E-state index in [4.69, 9.17) is 9.97 Å². The van der Waals surface area contributed by atoms with Crippen LogP contribution in [-0.2, 0) is 0 Å². The highest BCUT2D eigenvalue weighted by atomic mass is 15.2. The van der Waals surface area contributed by atoms with E-state index in [9.17, 15) is 0 Å². The Morgan fingerprint density at radius 2 is 1.12 bits per heavy atom. The Bertz CT molecular complexity index is 3000. The Labute approximate surface area is 324 Å². The maximum absolute atomic E-state index is 4.98. The van der Waals surface area contributed by atoms with E-state index in [1.54, 1.807) is 0 Å². The summed E-state index contributed by atoms with van der Waals surface area (Å²) in [7, 11) is 0. The fourth-order valence-corrected chi connectivity index (χ4v) is 8.58. The third-order valence-corrected chi connectivity index (χ3v) is 11.2. The minimum atomic E-state index is 0.0849. The summed E-state index contributed by atoms with van der Waals surface area (Å²) >= 11 is 0. The first-order valence-electron chi connectivity index (χ1n) is 18.9. The van der Waals surface area contributed by atoms with Gasteiger partial charge in [0.25, 0.3) is 0 Å². The molecule has 4 aromatic carbocycles. The Kier molecular flexibility index (Phi) is 7.52. The first-order chi connectivity index (χ1) is 27.8. The van der Waals surface area contributed by atoms with Gasteiger partial charge in [0.2, 0.25) is 0 Å². The van der Waals surface area contributed by atoms with E-state index in [2.05, 4.69) is 159 Å². The van der Waals surface area contributed by atoms with Gasteiger partial charge in [-0.1, -0.05) is 85.0 Å². The van der Waals surface area contributed by atoms with Gasteiger partial charge in [-0.2, -0.15) is 0 Å². The van der Waals surface area contributed by atoms with E-state index >= 15 is 0 Å². The summed E-state index contributed by atoms with van der Waals surface area (Å²) in [6, 6.07) is 49.7. The highest BCUT2D eigenvalue weighted by Gasteiger charge is 2.39. The van der Waals surface area contributed by atoms with Gasteiger partial charge in [-0.3, -0.25) is 14.5 Å². The van der Waals surface area contributed by atoms with Crippen molar-refractivity contribution >= 4 is 39.0 Å². The van der Waals surface area contributed by atoms with Crippen molar-refractivity contribution in [1.29, 1.82) is 0 Å². The molecule has 2 aliphatic rings. The molecule has 9 aromatic rings. The monoisotopic (exact) mass is 718 g/mol. The lowest BCUT2D eigenvalue weighted by molar-refractivity contribution is 0.745. The zero-order valence-corrected chi connectivity index (χ0v) is 30.3. The van der Waals surface area contributed by atoms with Crippen LogP contribution in [-0.4, -0.2) is 30.5 Å². The zero-order chi connectivity index (χ0) is 37.0. The van der Waals surface area contributed by atoms with Gasteiger partial charge >= 0.3 is 0 Å². The van der Waals surface area contributed by atoms with Crippen LogP contribution in [0.1, 0.15) is 17.0 Å². The summed E-state index contributed by atoms with van der Waals surface area (Å²) in [4.78, 5) is 21.0. The molecule has 0 saturated carbocycles. The third kappa shape index (κ3) is 5.34. The molecule has 264 valence electrons. The van der Waals surface area contributed by atoms with Gasteiger partial charge in [-0.25, -0.2) is 9.97 Å². The smallest absolute Gasteiger partial charge is 0.145 e. The van der Waals surface area contributed by atoms with Crippen LogP contribution in [0.2, 0.25) is 0 Å². The Morgan fingerprint density at radius 3 is 1.91 bits per heavy atom. The topological polar surface area (TPSA) is 59.7 Å². The molecule has 0 spiro atoms. The summed E-state index contributed by atoms with van der Waals surface area (Å²) in [6.45, 7) is 0. The molecule has 6 nitrogen and oxygen atoms in total. The van der Waals surface area contributed by atoms with E-state index in [0.29, 0.717) is 0 Å². The van der Waals surface area contributed by atoms with Crippen LogP contribution < -0.4 is 4.90 Å². The van der Waals surface area contributed by atoms with Crippen LogP contribution in [0.4, 0.5) is 11.5 Å². The van der Waals surface area contributed by atoms with Crippen molar-refractivity contribution in [3.63, 3.8) is 0 Å². The van der Waals surface area contributed by atoms with Crippen molar-refractivity contribution in [3.05, 3.63) is 206 Å². The maximum Gasteiger partial charge on any atom is 0.145 e. The standard InChI is InChI=1S/C50H34N6/c1-8-33(26-35(10-1)39-12-4-22-51-31-39)37-18-20-47-45(28-37)43-16-6-24-53-49(43)55(47)41-14-3-15-42(30-41)56-48-21-19-38(29-46(48)44-17-7-25-54-50(44)56)34-9-2-11-36(27-34)40-13-5-23-52-32-40/h1-32,45,47H. The van der Waals surface area contributed by atoms with Gasteiger partial charge in [0.05, 0.1) is 11.6 Å². The van der Waals surface area contributed by atoms with Gasteiger partial charge in [-0.05, 0) is 106 Å². The Morgan fingerprint density at radius 1 is 0.482 bits per heavy atom. The largest absolute Gasteiger partial charge is 0.318 e. The predicted octanol–water partition coefficient (Wildman–Crippen LogP) is 11.6. The fourth-order valence-electron chi connectivity index (χ4n) is 8.58. The van der Waals surface area contributed by atoms with Gasteiger partial charge in [0, 0.05) is 81.9 Å². The highest BCUT2D eigenvalue weighted by Crippen LogP contribution is 2.48. The molecule has 11 rings (SSSR count). The minimum absolute atomic E-state index is 0.0849. The average Bonchev–Trinajstić information content (AvgIpc) is 3.79. The van der Waals surface area contributed by atoms with Crippen LogP contribution >= 0.6 is 0 Å². The van der Waals surface area contributed by atoms with E-state index in [1.807, 2.05) is 55.4 Å². The Hall–Kier alpha value is -7.44. The highest BCUT2D eigenvalue weighted by molar-refractivity contribution is 6.09. The molecule has 0 saturated heterocycles. The summed E-state index contributed by atoms with van der Waals surface area (Å²) in [5, 5.41) is 2.28. The molecule has 5 aromatic heterocycles. The number of rotatable bonds is 6. The number of hydrogen-bond donors (Lipinski definition) is 0. The van der Waals surface area contributed by atoms with Crippen LogP contribution in [0, 0.1) is 0 Å². The second-order valence-electron chi connectivity index (χ2n) is 14.4. The molecular formula is C50H34N6.